The first kappa shape index (κ1) is 17.2. The van der Waals surface area contributed by atoms with Gasteiger partial charge in [-0.05, 0) is 18.6 Å². The monoisotopic (exact) mass is 341 g/mol. The van der Waals surface area contributed by atoms with Crippen LogP contribution in [0.4, 0.5) is 5.82 Å². The zero-order valence-corrected chi connectivity index (χ0v) is 14.4. The summed E-state index contributed by atoms with van der Waals surface area (Å²) in [6, 6.07) is 11.3. The molecule has 1 aromatic carbocycles. The molecule has 0 bridgehead atoms. The van der Waals surface area contributed by atoms with Gasteiger partial charge in [-0.25, -0.2) is 5.10 Å². The van der Waals surface area contributed by atoms with E-state index in [0.29, 0.717) is 13.1 Å². The highest BCUT2D eigenvalue weighted by atomic mass is 16.2. The zero-order valence-electron chi connectivity index (χ0n) is 14.4. The maximum atomic E-state index is 12.1. The van der Waals surface area contributed by atoms with Crippen LogP contribution >= 0.6 is 0 Å². The lowest BCUT2D eigenvalue weighted by molar-refractivity contribution is -0.122. The Labute approximate surface area is 146 Å². The second kappa shape index (κ2) is 7.94. The maximum absolute atomic E-state index is 12.1. The predicted molar refractivity (Wildman–Crippen MR) is 96.5 cm³/mol. The summed E-state index contributed by atoms with van der Waals surface area (Å²) in [6.07, 6.45) is 0. The first-order chi connectivity index (χ1) is 12.1. The second-order valence-corrected chi connectivity index (χ2v) is 6.31. The van der Waals surface area contributed by atoms with Crippen LogP contribution in [0.5, 0.6) is 0 Å². The van der Waals surface area contributed by atoms with Gasteiger partial charge in [-0.1, -0.05) is 29.8 Å². The van der Waals surface area contributed by atoms with Gasteiger partial charge in [-0.15, -0.1) is 0 Å². The van der Waals surface area contributed by atoms with Crippen molar-refractivity contribution in [1.82, 2.24) is 20.4 Å². The molecule has 0 atom stereocenters. The average molecular weight is 341 g/mol. The summed E-state index contributed by atoms with van der Waals surface area (Å²) >= 11 is 0. The number of amides is 1. The van der Waals surface area contributed by atoms with Crippen molar-refractivity contribution in [2.45, 2.75) is 13.5 Å². The lowest BCUT2D eigenvalue weighted by atomic mass is 10.1. The maximum Gasteiger partial charge on any atom is 0.264 e. The Bertz CT molecular complexity index is 761. The highest BCUT2D eigenvalue weighted by molar-refractivity contribution is 5.78. The first-order valence-electron chi connectivity index (χ1n) is 8.45. The number of aromatic amines is 1. The molecule has 0 aliphatic carbocycles. The van der Waals surface area contributed by atoms with Crippen LogP contribution in [0.1, 0.15) is 11.1 Å². The van der Waals surface area contributed by atoms with Crippen LogP contribution in [0.25, 0.3) is 0 Å². The summed E-state index contributed by atoms with van der Waals surface area (Å²) in [4.78, 5) is 27.5. The highest BCUT2D eigenvalue weighted by Gasteiger charge is 2.19. The SMILES string of the molecule is Cc1cccc(CNC(=O)CN2CCN(c3ccc(=O)[nH]n3)CC2)c1. The van der Waals surface area contributed by atoms with Crippen molar-refractivity contribution in [2.75, 3.05) is 37.6 Å². The van der Waals surface area contributed by atoms with E-state index in [2.05, 4.69) is 31.4 Å². The van der Waals surface area contributed by atoms with E-state index in [0.717, 1.165) is 37.6 Å². The van der Waals surface area contributed by atoms with Crippen LogP contribution in [0.15, 0.2) is 41.2 Å². The third-order valence-corrected chi connectivity index (χ3v) is 4.30. The molecule has 7 heteroatoms. The second-order valence-electron chi connectivity index (χ2n) is 6.31. The molecular formula is C18H23N5O2. The zero-order chi connectivity index (χ0) is 17.6. The molecule has 1 amide bonds. The summed E-state index contributed by atoms with van der Waals surface area (Å²) < 4.78 is 0. The number of H-pyrrole nitrogens is 1. The molecule has 2 N–H and O–H groups in total. The number of carbonyl (C=O) groups excluding carboxylic acids is 1. The molecule has 1 aromatic heterocycles. The molecule has 0 radical (unpaired) electrons. The van der Waals surface area contributed by atoms with Crippen LogP contribution in [0, 0.1) is 6.92 Å². The molecule has 2 aromatic rings. The summed E-state index contributed by atoms with van der Waals surface area (Å²) in [5.74, 6) is 0.806. The molecule has 1 saturated heterocycles. The fourth-order valence-electron chi connectivity index (χ4n) is 2.93. The van der Waals surface area contributed by atoms with Crippen molar-refractivity contribution in [3.05, 3.63) is 57.9 Å². The fraction of sp³-hybridized carbons (Fsp3) is 0.389. The van der Waals surface area contributed by atoms with E-state index >= 15 is 0 Å². The lowest BCUT2D eigenvalue weighted by Gasteiger charge is -2.34. The minimum absolute atomic E-state index is 0.0390. The number of aryl methyl sites for hydroxylation is 1. The largest absolute Gasteiger partial charge is 0.353 e. The Kier molecular flexibility index (Phi) is 5.45. The van der Waals surface area contributed by atoms with E-state index in [1.807, 2.05) is 25.1 Å². The molecule has 132 valence electrons. The fourth-order valence-corrected chi connectivity index (χ4v) is 2.93. The Morgan fingerprint density at radius 1 is 1.20 bits per heavy atom. The van der Waals surface area contributed by atoms with Crippen molar-refractivity contribution in [3.8, 4) is 0 Å². The van der Waals surface area contributed by atoms with Gasteiger partial charge in [-0.2, -0.15) is 5.10 Å². The number of hydrogen-bond acceptors (Lipinski definition) is 5. The number of rotatable bonds is 5. The lowest BCUT2D eigenvalue weighted by Crippen LogP contribution is -2.49. The van der Waals surface area contributed by atoms with Gasteiger partial charge in [0.2, 0.25) is 5.91 Å². The number of hydrogen-bond donors (Lipinski definition) is 2. The van der Waals surface area contributed by atoms with Crippen molar-refractivity contribution < 1.29 is 4.79 Å². The topological polar surface area (TPSA) is 81.3 Å². The standard InChI is InChI=1S/C18H23N5O2/c1-14-3-2-4-15(11-14)12-19-18(25)13-22-7-9-23(10-8-22)16-5-6-17(24)21-20-16/h2-6,11H,7-10,12-13H2,1H3,(H,19,25)(H,21,24). The van der Waals surface area contributed by atoms with Gasteiger partial charge in [0, 0.05) is 38.8 Å². The molecule has 3 rings (SSSR count). The minimum Gasteiger partial charge on any atom is -0.353 e. The van der Waals surface area contributed by atoms with Gasteiger partial charge in [-0.3, -0.25) is 14.5 Å². The van der Waals surface area contributed by atoms with Gasteiger partial charge < -0.3 is 10.2 Å². The number of piperazine rings is 1. The summed E-state index contributed by atoms with van der Waals surface area (Å²) in [7, 11) is 0. The van der Waals surface area contributed by atoms with Crippen LogP contribution in [0.3, 0.4) is 0 Å². The van der Waals surface area contributed by atoms with E-state index < -0.39 is 0 Å². The third kappa shape index (κ3) is 4.90. The Balaban J connectivity index is 1.43. The van der Waals surface area contributed by atoms with Crippen molar-refractivity contribution in [2.24, 2.45) is 0 Å². The smallest absolute Gasteiger partial charge is 0.264 e. The number of benzene rings is 1. The average Bonchev–Trinajstić information content (AvgIpc) is 2.62. The van der Waals surface area contributed by atoms with Crippen molar-refractivity contribution >= 4 is 11.7 Å². The van der Waals surface area contributed by atoms with Gasteiger partial charge in [0.05, 0.1) is 6.54 Å². The number of nitrogens with one attached hydrogen (secondary N) is 2. The Morgan fingerprint density at radius 3 is 2.68 bits per heavy atom. The molecular weight excluding hydrogens is 318 g/mol. The Hall–Kier alpha value is -2.67. The van der Waals surface area contributed by atoms with Crippen LogP contribution in [-0.4, -0.2) is 53.7 Å². The van der Waals surface area contributed by atoms with E-state index in [9.17, 15) is 9.59 Å². The minimum atomic E-state index is -0.201. The molecule has 0 spiro atoms. The van der Waals surface area contributed by atoms with Gasteiger partial charge in [0.25, 0.3) is 5.56 Å². The normalized spacial score (nSPS) is 15.2. The molecule has 1 aliphatic rings. The molecule has 1 fully saturated rings. The summed E-state index contributed by atoms with van der Waals surface area (Å²) in [6.45, 7) is 6.15. The summed E-state index contributed by atoms with van der Waals surface area (Å²) in [5, 5.41) is 9.48. The number of anilines is 1. The molecule has 25 heavy (non-hydrogen) atoms. The van der Waals surface area contributed by atoms with Crippen LogP contribution in [0.2, 0.25) is 0 Å². The van der Waals surface area contributed by atoms with Crippen molar-refractivity contribution in [1.29, 1.82) is 0 Å². The molecule has 7 nitrogen and oxygen atoms in total. The van der Waals surface area contributed by atoms with Crippen molar-refractivity contribution in [3.63, 3.8) is 0 Å². The third-order valence-electron chi connectivity index (χ3n) is 4.30. The van der Waals surface area contributed by atoms with Gasteiger partial charge in [0.15, 0.2) is 0 Å². The van der Waals surface area contributed by atoms with Crippen LogP contribution in [-0.2, 0) is 11.3 Å². The quantitative estimate of drug-likeness (QED) is 0.828. The number of carbonyl (C=O) groups is 1. The van der Waals surface area contributed by atoms with Gasteiger partial charge >= 0.3 is 0 Å². The van der Waals surface area contributed by atoms with Crippen LogP contribution < -0.4 is 15.8 Å². The van der Waals surface area contributed by atoms with Gasteiger partial charge in [0.1, 0.15) is 5.82 Å². The molecule has 0 saturated carbocycles. The highest BCUT2D eigenvalue weighted by Crippen LogP contribution is 2.10. The molecule has 2 heterocycles. The van der Waals surface area contributed by atoms with E-state index in [1.54, 1.807) is 6.07 Å². The summed E-state index contributed by atoms with van der Waals surface area (Å²) in [5.41, 5.74) is 2.11. The number of aromatic nitrogens is 2. The Morgan fingerprint density at radius 2 is 2.00 bits per heavy atom. The van der Waals surface area contributed by atoms with E-state index in [-0.39, 0.29) is 11.5 Å². The number of nitrogens with zero attached hydrogens (tertiary/aromatic N) is 3. The van der Waals surface area contributed by atoms with E-state index in [1.165, 1.54) is 11.6 Å². The molecule has 1 aliphatic heterocycles. The molecule has 0 unspecified atom stereocenters. The van der Waals surface area contributed by atoms with E-state index in [4.69, 9.17) is 0 Å². The predicted octanol–water partition coefficient (Wildman–Crippen LogP) is 0.517. The first-order valence-corrected chi connectivity index (χ1v) is 8.45.